The average Bonchev–Trinajstić information content (AvgIpc) is 3.10. The molecule has 2 N–H and O–H groups in total. The number of fused-ring (bicyclic) bond motifs is 1. The SMILES string of the molecule is CC(C)N(c1ccccc1)c1ccc(CN(C)C[C@H]2Oc3c(NC(=O)Cc4ccc(C(F)(F)F)cc4)cccc3C(=O)N([C@@H](C)CO)C[C@H]2C)cc1. The van der Waals surface area contributed by atoms with Gasteiger partial charge in [0.2, 0.25) is 5.91 Å². The van der Waals surface area contributed by atoms with E-state index in [1.54, 1.807) is 30.0 Å². The maximum atomic E-state index is 13.9. The summed E-state index contributed by atoms with van der Waals surface area (Å²) in [5.41, 5.74) is 3.47. The quantitative estimate of drug-likeness (QED) is 0.156. The van der Waals surface area contributed by atoms with Gasteiger partial charge in [-0.25, -0.2) is 0 Å². The minimum Gasteiger partial charge on any atom is -0.486 e. The van der Waals surface area contributed by atoms with Crippen LogP contribution in [-0.4, -0.2) is 71.7 Å². The number of hydrogen-bond acceptors (Lipinski definition) is 6. The lowest BCUT2D eigenvalue weighted by atomic mass is 9.98. The third kappa shape index (κ3) is 9.32. The highest BCUT2D eigenvalue weighted by Crippen LogP contribution is 2.36. The van der Waals surface area contributed by atoms with E-state index in [1.165, 1.54) is 12.1 Å². The van der Waals surface area contributed by atoms with Gasteiger partial charge in [-0.2, -0.15) is 13.2 Å². The number of halogens is 3. The molecule has 4 aromatic rings. The fourth-order valence-electron chi connectivity index (χ4n) is 6.53. The van der Waals surface area contributed by atoms with Gasteiger partial charge in [0.25, 0.3) is 5.91 Å². The van der Waals surface area contributed by atoms with Crippen LogP contribution >= 0.6 is 0 Å². The van der Waals surface area contributed by atoms with Crippen LogP contribution in [0.25, 0.3) is 0 Å². The van der Waals surface area contributed by atoms with Crippen molar-refractivity contribution >= 4 is 28.9 Å². The number of benzene rings is 4. The van der Waals surface area contributed by atoms with Gasteiger partial charge in [-0.1, -0.05) is 55.5 Å². The van der Waals surface area contributed by atoms with Crippen molar-refractivity contribution in [2.24, 2.45) is 5.92 Å². The van der Waals surface area contributed by atoms with E-state index in [-0.39, 0.29) is 47.9 Å². The minimum atomic E-state index is -4.48. The Morgan fingerprint density at radius 2 is 1.56 bits per heavy atom. The molecule has 2 amide bonds. The van der Waals surface area contributed by atoms with E-state index in [4.69, 9.17) is 4.74 Å². The van der Waals surface area contributed by atoms with Gasteiger partial charge in [0.15, 0.2) is 5.75 Å². The second-order valence-corrected chi connectivity index (χ2v) is 13.9. The molecular weight excluding hydrogens is 669 g/mol. The van der Waals surface area contributed by atoms with Crippen molar-refractivity contribution in [2.45, 2.75) is 65.0 Å². The Kier molecular flexibility index (Phi) is 12.3. The number of anilines is 3. The topological polar surface area (TPSA) is 85.4 Å². The fourth-order valence-corrected chi connectivity index (χ4v) is 6.53. The van der Waals surface area contributed by atoms with Crippen LogP contribution in [0.3, 0.4) is 0 Å². The summed E-state index contributed by atoms with van der Waals surface area (Å²) < 4.78 is 45.8. The Balaban J connectivity index is 1.35. The highest BCUT2D eigenvalue weighted by molar-refractivity contribution is 6.02. The van der Waals surface area contributed by atoms with Crippen molar-refractivity contribution in [1.82, 2.24) is 9.80 Å². The van der Waals surface area contributed by atoms with Gasteiger partial charge in [0, 0.05) is 43.0 Å². The lowest BCUT2D eigenvalue weighted by Crippen LogP contribution is -2.49. The van der Waals surface area contributed by atoms with Gasteiger partial charge in [-0.15, -0.1) is 0 Å². The van der Waals surface area contributed by atoms with E-state index in [0.717, 1.165) is 29.1 Å². The molecule has 0 aliphatic carbocycles. The van der Waals surface area contributed by atoms with Gasteiger partial charge < -0.3 is 25.0 Å². The van der Waals surface area contributed by atoms with Crippen LogP contribution in [0.1, 0.15) is 54.7 Å². The summed E-state index contributed by atoms with van der Waals surface area (Å²) in [6.07, 6.45) is -5.06. The van der Waals surface area contributed by atoms with E-state index in [0.29, 0.717) is 25.2 Å². The van der Waals surface area contributed by atoms with Crippen LogP contribution in [0.2, 0.25) is 0 Å². The molecule has 0 saturated carbocycles. The maximum Gasteiger partial charge on any atom is 0.416 e. The molecule has 5 rings (SSSR count). The number of alkyl halides is 3. The molecule has 1 aliphatic rings. The summed E-state index contributed by atoms with van der Waals surface area (Å²) in [7, 11) is 2.01. The molecule has 0 spiro atoms. The molecular formula is C41H47F3N4O4. The molecule has 276 valence electrons. The molecule has 0 fully saturated rings. The number of amides is 2. The molecule has 0 radical (unpaired) electrons. The largest absolute Gasteiger partial charge is 0.486 e. The maximum absolute atomic E-state index is 13.9. The summed E-state index contributed by atoms with van der Waals surface area (Å²) in [5, 5.41) is 12.9. The molecule has 8 nitrogen and oxygen atoms in total. The number of carbonyl (C=O) groups is 2. The second-order valence-electron chi connectivity index (χ2n) is 13.9. The van der Waals surface area contributed by atoms with Crippen LogP contribution in [-0.2, 0) is 23.9 Å². The smallest absolute Gasteiger partial charge is 0.416 e. The van der Waals surface area contributed by atoms with Crippen molar-refractivity contribution in [3.63, 3.8) is 0 Å². The molecule has 0 unspecified atom stereocenters. The first kappa shape index (κ1) is 38.4. The van der Waals surface area contributed by atoms with Crippen LogP contribution < -0.4 is 15.0 Å². The van der Waals surface area contributed by atoms with Crippen molar-refractivity contribution in [1.29, 1.82) is 0 Å². The number of para-hydroxylation sites is 2. The van der Waals surface area contributed by atoms with E-state index in [2.05, 4.69) is 65.4 Å². The van der Waals surface area contributed by atoms with Crippen LogP contribution in [0.15, 0.2) is 97.1 Å². The Bertz CT molecular complexity index is 1800. The van der Waals surface area contributed by atoms with Crippen molar-refractivity contribution in [2.75, 3.05) is 37.0 Å². The Hall–Kier alpha value is -4.87. The van der Waals surface area contributed by atoms with Gasteiger partial charge in [0.1, 0.15) is 6.10 Å². The number of carbonyl (C=O) groups excluding carboxylic acids is 2. The summed E-state index contributed by atoms with van der Waals surface area (Å²) in [6.45, 7) is 9.36. The van der Waals surface area contributed by atoms with Crippen LogP contribution in [0.5, 0.6) is 5.75 Å². The van der Waals surface area contributed by atoms with E-state index < -0.39 is 29.8 Å². The highest BCUT2D eigenvalue weighted by Gasteiger charge is 2.35. The number of nitrogens with zero attached hydrogens (tertiary/aromatic N) is 3. The fraction of sp³-hybridized carbons (Fsp3) is 0.366. The van der Waals surface area contributed by atoms with Crippen molar-refractivity contribution in [3.8, 4) is 5.75 Å². The highest BCUT2D eigenvalue weighted by atomic mass is 19.4. The zero-order valence-corrected chi connectivity index (χ0v) is 30.2. The minimum absolute atomic E-state index is 0.155. The zero-order valence-electron chi connectivity index (χ0n) is 30.2. The summed E-state index contributed by atoms with van der Waals surface area (Å²) in [5.74, 6) is -0.745. The first-order chi connectivity index (χ1) is 24.7. The average molecular weight is 717 g/mol. The molecule has 0 aromatic heterocycles. The third-order valence-corrected chi connectivity index (χ3v) is 9.32. The molecule has 3 atom stereocenters. The number of hydrogen-bond donors (Lipinski definition) is 2. The predicted molar refractivity (Wildman–Crippen MR) is 198 cm³/mol. The molecule has 1 heterocycles. The second kappa shape index (κ2) is 16.6. The zero-order chi connectivity index (χ0) is 37.6. The first-order valence-corrected chi connectivity index (χ1v) is 17.5. The Morgan fingerprint density at radius 3 is 2.17 bits per heavy atom. The predicted octanol–water partition coefficient (Wildman–Crippen LogP) is 7.79. The van der Waals surface area contributed by atoms with Gasteiger partial charge in [-0.3, -0.25) is 14.5 Å². The summed E-state index contributed by atoms with van der Waals surface area (Å²) >= 11 is 0. The van der Waals surface area contributed by atoms with Gasteiger partial charge >= 0.3 is 6.18 Å². The number of aliphatic hydroxyl groups excluding tert-OH is 1. The number of likely N-dealkylation sites (N-methyl/N-ethyl adjacent to an activating group) is 1. The normalized spacial score (nSPS) is 16.9. The monoisotopic (exact) mass is 716 g/mol. The molecule has 52 heavy (non-hydrogen) atoms. The van der Waals surface area contributed by atoms with Crippen LogP contribution in [0, 0.1) is 5.92 Å². The van der Waals surface area contributed by atoms with Crippen molar-refractivity contribution in [3.05, 3.63) is 119 Å². The number of nitrogens with one attached hydrogen (secondary N) is 1. The van der Waals surface area contributed by atoms with Crippen LogP contribution in [0.4, 0.5) is 30.2 Å². The van der Waals surface area contributed by atoms with Gasteiger partial charge in [0.05, 0.1) is 35.9 Å². The molecule has 4 aromatic carbocycles. The Morgan fingerprint density at radius 1 is 0.923 bits per heavy atom. The van der Waals surface area contributed by atoms with Crippen molar-refractivity contribution < 1.29 is 32.6 Å². The standard InChI is InChI=1S/C41H47F3N4O4/c1-27(2)48(33-10-7-6-8-11-33)34-20-16-31(17-21-34)24-46(5)25-37-28(3)23-47(29(4)26-49)40(51)35-12-9-13-36(39(35)52-37)45-38(50)22-30-14-18-32(19-15-30)41(42,43)44/h6-21,27-29,37,49H,22-26H2,1-5H3,(H,45,50)/t28-,29+,37-/m1/s1. The van der Waals surface area contributed by atoms with E-state index in [1.807, 2.05) is 32.2 Å². The number of rotatable bonds is 12. The molecule has 11 heteroatoms. The summed E-state index contributed by atoms with van der Waals surface area (Å²) in [4.78, 5) is 33.1. The molecule has 0 bridgehead atoms. The lowest BCUT2D eigenvalue weighted by molar-refractivity contribution is -0.137. The third-order valence-electron chi connectivity index (χ3n) is 9.32. The molecule has 1 aliphatic heterocycles. The summed E-state index contributed by atoms with van der Waals surface area (Å²) in [6, 6.07) is 27.9. The number of aliphatic hydroxyl groups is 1. The first-order valence-electron chi connectivity index (χ1n) is 17.5. The molecule has 0 saturated heterocycles. The number of ether oxygens (including phenoxy) is 1. The lowest BCUT2D eigenvalue weighted by Gasteiger charge is -2.38. The van der Waals surface area contributed by atoms with E-state index >= 15 is 0 Å². The van der Waals surface area contributed by atoms with E-state index in [9.17, 15) is 27.9 Å². The van der Waals surface area contributed by atoms with Gasteiger partial charge in [-0.05, 0) is 87.5 Å². The Labute approximate surface area is 303 Å².